The lowest BCUT2D eigenvalue weighted by atomic mass is 9.95. The maximum Gasteiger partial charge on any atom is 0.235 e. The van der Waals surface area contributed by atoms with Crippen molar-refractivity contribution in [3.63, 3.8) is 0 Å². The molecule has 0 heterocycles. The minimum absolute atomic E-state index is 0.0473. The van der Waals surface area contributed by atoms with Crippen LogP contribution < -0.4 is 11.1 Å². The summed E-state index contributed by atoms with van der Waals surface area (Å²) in [6.07, 6.45) is 1.58. The van der Waals surface area contributed by atoms with Crippen LogP contribution in [0.25, 0.3) is 0 Å². The van der Waals surface area contributed by atoms with Crippen molar-refractivity contribution in [1.29, 1.82) is 0 Å². The molecular weight excluding hydrogens is 255 g/mol. The number of anilines is 2. The molecule has 0 radical (unpaired) electrons. The zero-order chi connectivity index (χ0) is 14.2. The van der Waals surface area contributed by atoms with Gasteiger partial charge >= 0.3 is 0 Å². The minimum atomic E-state index is -0.505. The van der Waals surface area contributed by atoms with Crippen LogP contribution in [0.5, 0.6) is 0 Å². The third-order valence-corrected chi connectivity index (χ3v) is 3.75. The van der Waals surface area contributed by atoms with E-state index >= 15 is 0 Å². The zero-order valence-corrected chi connectivity index (χ0v) is 10.9. The third-order valence-electron chi connectivity index (χ3n) is 3.75. The van der Waals surface area contributed by atoms with Gasteiger partial charge in [0.25, 0.3) is 0 Å². The van der Waals surface area contributed by atoms with E-state index in [0.29, 0.717) is 5.69 Å². The van der Waals surface area contributed by atoms with Crippen molar-refractivity contribution in [1.82, 2.24) is 0 Å². The van der Waals surface area contributed by atoms with Crippen LogP contribution in [0.1, 0.15) is 18.4 Å². The van der Waals surface area contributed by atoms with Crippen molar-refractivity contribution in [3.8, 4) is 0 Å². The van der Waals surface area contributed by atoms with E-state index in [4.69, 9.17) is 5.73 Å². The number of rotatable bonds is 3. The molecule has 3 nitrogen and oxygen atoms in total. The average molecular weight is 270 g/mol. The van der Waals surface area contributed by atoms with Crippen LogP contribution in [0.15, 0.2) is 48.5 Å². The molecule has 102 valence electrons. The highest BCUT2D eigenvalue weighted by Crippen LogP contribution is 2.49. The molecule has 0 unspecified atom stereocenters. The first-order chi connectivity index (χ1) is 9.60. The standard InChI is InChI=1S/C16H15FN2O/c17-12-3-1-11(2-4-12)16(9-10-16)15(20)19-14-7-5-13(18)6-8-14/h1-8H,9-10,18H2,(H,19,20). The quantitative estimate of drug-likeness (QED) is 0.842. The van der Waals surface area contributed by atoms with Crippen LogP contribution in [0.3, 0.4) is 0 Å². The summed E-state index contributed by atoms with van der Waals surface area (Å²) in [6.45, 7) is 0. The van der Waals surface area contributed by atoms with Crippen LogP contribution in [0, 0.1) is 5.82 Å². The van der Waals surface area contributed by atoms with Gasteiger partial charge in [0.1, 0.15) is 5.82 Å². The maximum atomic E-state index is 13.0. The molecule has 1 aliphatic carbocycles. The van der Waals surface area contributed by atoms with E-state index in [0.717, 1.165) is 24.1 Å². The van der Waals surface area contributed by atoms with Gasteiger partial charge in [-0.3, -0.25) is 4.79 Å². The van der Waals surface area contributed by atoms with Gasteiger partial charge in [0, 0.05) is 11.4 Å². The van der Waals surface area contributed by atoms with Crippen molar-refractivity contribution in [2.24, 2.45) is 0 Å². The predicted molar refractivity (Wildman–Crippen MR) is 76.8 cm³/mol. The van der Waals surface area contributed by atoms with Crippen LogP contribution in [-0.2, 0) is 10.2 Å². The van der Waals surface area contributed by atoms with Gasteiger partial charge in [0.2, 0.25) is 5.91 Å². The molecule has 4 heteroatoms. The lowest BCUT2D eigenvalue weighted by Crippen LogP contribution is -2.27. The third kappa shape index (κ3) is 2.25. The van der Waals surface area contributed by atoms with E-state index in [1.54, 1.807) is 36.4 Å². The van der Waals surface area contributed by atoms with E-state index in [2.05, 4.69) is 5.32 Å². The van der Waals surface area contributed by atoms with Gasteiger partial charge in [-0.25, -0.2) is 4.39 Å². The Morgan fingerprint density at radius 2 is 1.65 bits per heavy atom. The largest absolute Gasteiger partial charge is 0.399 e. The summed E-state index contributed by atoms with van der Waals surface area (Å²) in [5.41, 5.74) is 7.35. The predicted octanol–water partition coefficient (Wildman–Crippen LogP) is 3.08. The first kappa shape index (κ1) is 12.7. The molecule has 1 amide bonds. The van der Waals surface area contributed by atoms with E-state index < -0.39 is 5.41 Å². The highest BCUT2D eigenvalue weighted by Gasteiger charge is 2.51. The fourth-order valence-corrected chi connectivity index (χ4v) is 2.36. The lowest BCUT2D eigenvalue weighted by Gasteiger charge is -2.16. The highest BCUT2D eigenvalue weighted by molar-refractivity contribution is 6.01. The van der Waals surface area contributed by atoms with Crippen molar-refractivity contribution in [2.75, 3.05) is 11.1 Å². The molecule has 0 aromatic heterocycles. The second kappa shape index (κ2) is 4.63. The normalized spacial score (nSPS) is 15.7. The Morgan fingerprint density at radius 3 is 2.20 bits per heavy atom. The summed E-state index contributed by atoms with van der Waals surface area (Å²) in [5.74, 6) is -0.336. The number of nitrogens with one attached hydrogen (secondary N) is 1. The molecule has 3 N–H and O–H groups in total. The van der Waals surface area contributed by atoms with E-state index in [1.165, 1.54) is 12.1 Å². The summed E-state index contributed by atoms with van der Waals surface area (Å²) in [6, 6.07) is 13.2. The topological polar surface area (TPSA) is 55.1 Å². The number of nitrogen functional groups attached to an aromatic ring is 1. The molecule has 0 bridgehead atoms. The lowest BCUT2D eigenvalue weighted by molar-refractivity contribution is -0.118. The Bertz CT molecular complexity index is 631. The molecule has 0 spiro atoms. The van der Waals surface area contributed by atoms with Gasteiger partial charge in [0.05, 0.1) is 5.41 Å². The molecule has 0 aliphatic heterocycles. The zero-order valence-electron chi connectivity index (χ0n) is 10.9. The number of hydrogen-bond acceptors (Lipinski definition) is 2. The minimum Gasteiger partial charge on any atom is -0.399 e. The smallest absolute Gasteiger partial charge is 0.235 e. The Hall–Kier alpha value is -2.36. The van der Waals surface area contributed by atoms with Gasteiger partial charge in [-0.05, 0) is 54.8 Å². The van der Waals surface area contributed by atoms with Gasteiger partial charge in [-0.15, -0.1) is 0 Å². The summed E-state index contributed by atoms with van der Waals surface area (Å²) in [4.78, 5) is 12.4. The molecule has 1 fully saturated rings. The van der Waals surface area contributed by atoms with Crippen molar-refractivity contribution >= 4 is 17.3 Å². The maximum absolute atomic E-state index is 13.0. The fourth-order valence-electron chi connectivity index (χ4n) is 2.36. The van der Waals surface area contributed by atoms with Crippen LogP contribution in [0.4, 0.5) is 15.8 Å². The number of carbonyl (C=O) groups excluding carboxylic acids is 1. The summed E-state index contributed by atoms with van der Waals surface area (Å²) in [5, 5.41) is 2.90. The number of benzene rings is 2. The van der Waals surface area contributed by atoms with Crippen LogP contribution >= 0.6 is 0 Å². The number of halogens is 1. The molecule has 2 aromatic rings. The molecular formula is C16H15FN2O. The molecule has 0 atom stereocenters. The van der Waals surface area contributed by atoms with Gasteiger partial charge < -0.3 is 11.1 Å². The Labute approximate surface area is 116 Å². The first-order valence-electron chi connectivity index (χ1n) is 6.53. The molecule has 1 aliphatic rings. The molecule has 20 heavy (non-hydrogen) atoms. The first-order valence-corrected chi connectivity index (χ1v) is 6.53. The van der Waals surface area contributed by atoms with Crippen LogP contribution in [0.2, 0.25) is 0 Å². The molecule has 1 saturated carbocycles. The number of nitrogens with two attached hydrogens (primary N) is 1. The summed E-state index contributed by atoms with van der Waals surface area (Å²) in [7, 11) is 0. The summed E-state index contributed by atoms with van der Waals surface area (Å²) < 4.78 is 13.0. The highest BCUT2D eigenvalue weighted by atomic mass is 19.1. The monoisotopic (exact) mass is 270 g/mol. The number of hydrogen-bond donors (Lipinski definition) is 2. The van der Waals surface area contributed by atoms with Crippen LogP contribution in [-0.4, -0.2) is 5.91 Å². The van der Waals surface area contributed by atoms with Crippen molar-refractivity contribution < 1.29 is 9.18 Å². The van der Waals surface area contributed by atoms with Crippen molar-refractivity contribution in [3.05, 3.63) is 59.9 Å². The second-order valence-electron chi connectivity index (χ2n) is 5.17. The summed E-state index contributed by atoms with van der Waals surface area (Å²) >= 11 is 0. The molecule has 0 saturated heterocycles. The van der Waals surface area contributed by atoms with Crippen molar-refractivity contribution in [2.45, 2.75) is 18.3 Å². The Kier molecular flexibility index (Phi) is 2.93. The Balaban J connectivity index is 1.79. The van der Waals surface area contributed by atoms with E-state index in [-0.39, 0.29) is 11.7 Å². The van der Waals surface area contributed by atoms with E-state index in [9.17, 15) is 9.18 Å². The van der Waals surface area contributed by atoms with Gasteiger partial charge in [-0.1, -0.05) is 12.1 Å². The number of carbonyl (C=O) groups is 1. The number of amides is 1. The second-order valence-corrected chi connectivity index (χ2v) is 5.17. The SMILES string of the molecule is Nc1ccc(NC(=O)C2(c3ccc(F)cc3)CC2)cc1. The van der Waals surface area contributed by atoms with Gasteiger partial charge in [-0.2, -0.15) is 0 Å². The van der Waals surface area contributed by atoms with Gasteiger partial charge in [0.15, 0.2) is 0 Å². The Morgan fingerprint density at radius 1 is 1.05 bits per heavy atom. The average Bonchev–Trinajstić information content (AvgIpc) is 3.24. The molecule has 3 rings (SSSR count). The molecule has 2 aromatic carbocycles. The fraction of sp³-hybridized carbons (Fsp3) is 0.188. The van der Waals surface area contributed by atoms with E-state index in [1.807, 2.05) is 0 Å².